The summed E-state index contributed by atoms with van der Waals surface area (Å²) in [6.45, 7) is 6.53. The number of hydrogen-bond acceptors (Lipinski definition) is 3. The van der Waals surface area contributed by atoms with Crippen molar-refractivity contribution in [3.8, 4) is 0 Å². The largest absolute Gasteiger partial charge is 0.326 e. The molecule has 0 aromatic carbocycles. The Morgan fingerprint density at radius 1 is 1.16 bits per heavy atom. The van der Waals surface area contributed by atoms with E-state index in [0.717, 1.165) is 12.1 Å². The number of nitrogens with two attached hydrogens (primary N) is 1. The van der Waals surface area contributed by atoms with E-state index in [-0.39, 0.29) is 12.1 Å². The molecule has 2 aromatic heterocycles. The van der Waals surface area contributed by atoms with Gasteiger partial charge < -0.3 is 10.3 Å². The molecule has 19 heavy (non-hydrogen) atoms. The van der Waals surface area contributed by atoms with Crippen molar-refractivity contribution < 1.29 is 0 Å². The van der Waals surface area contributed by atoms with Gasteiger partial charge >= 0.3 is 0 Å². The Labute approximate surface area is 114 Å². The third kappa shape index (κ3) is 3.20. The van der Waals surface area contributed by atoms with E-state index in [1.54, 1.807) is 0 Å². The first-order valence-electron chi connectivity index (χ1n) is 6.76. The normalized spacial score (nSPS) is 14.6. The fourth-order valence-corrected chi connectivity index (χ4v) is 2.36. The van der Waals surface area contributed by atoms with Crippen molar-refractivity contribution in [2.24, 2.45) is 11.7 Å². The fourth-order valence-electron chi connectivity index (χ4n) is 2.36. The Hall–Kier alpha value is -1.68. The second-order valence-corrected chi connectivity index (χ2v) is 5.42. The molecule has 0 saturated heterocycles. The second kappa shape index (κ2) is 5.97. The Balaban J connectivity index is 2.24. The Kier molecular flexibility index (Phi) is 4.32. The molecule has 2 rings (SSSR count). The van der Waals surface area contributed by atoms with Gasteiger partial charge in [0.1, 0.15) is 0 Å². The maximum absolute atomic E-state index is 6.28. The summed E-state index contributed by atoms with van der Waals surface area (Å²) in [6.07, 6.45) is 8.34. The van der Waals surface area contributed by atoms with Crippen LogP contribution in [-0.2, 0) is 0 Å². The summed E-state index contributed by atoms with van der Waals surface area (Å²) in [6, 6.07) is 4.32. The molecule has 0 radical (unpaired) electrons. The summed E-state index contributed by atoms with van der Waals surface area (Å²) < 4.78 is 2.16. The highest BCUT2D eigenvalue weighted by atomic mass is 15.1. The zero-order chi connectivity index (χ0) is 13.8. The first kappa shape index (κ1) is 13.7. The van der Waals surface area contributed by atoms with Crippen LogP contribution in [0.5, 0.6) is 0 Å². The molecule has 2 heterocycles. The van der Waals surface area contributed by atoms with Gasteiger partial charge in [0.25, 0.3) is 0 Å². The highest BCUT2D eigenvalue weighted by molar-refractivity contribution is 5.18. The van der Waals surface area contributed by atoms with Crippen LogP contribution in [0.15, 0.2) is 37.1 Å². The van der Waals surface area contributed by atoms with Crippen LogP contribution in [0.25, 0.3) is 0 Å². The molecule has 2 atom stereocenters. The summed E-state index contributed by atoms with van der Waals surface area (Å²) in [4.78, 5) is 8.32. The van der Waals surface area contributed by atoms with Gasteiger partial charge in [-0.15, -0.1) is 0 Å². The van der Waals surface area contributed by atoms with Gasteiger partial charge in [0.15, 0.2) is 0 Å². The standard InChI is InChI=1S/C15H22N4/c1-11(2)8-14(16)15-9-18-10-19(15)12(3)13-4-6-17-7-5-13/h4-7,9-12,14H,8,16H2,1-3H3. The molecule has 102 valence electrons. The average molecular weight is 258 g/mol. The lowest BCUT2D eigenvalue weighted by atomic mass is 10.0. The topological polar surface area (TPSA) is 56.7 Å². The molecule has 4 heteroatoms. The van der Waals surface area contributed by atoms with E-state index < -0.39 is 0 Å². The molecule has 2 unspecified atom stereocenters. The van der Waals surface area contributed by atoms with Gasteiger partial charge in [-0.25, -0.2) is 4.98 Å². The van der Waals surface area contributed by atoms with Gasteiger partial charge in [0.05, 0.1) is 18.1 Å². The highest BCUT2D eigenvalue weighted by Gasteiger charge is 2.17. The minimum Gasteiger partial charge on any atom is -0.326 e. The van der Waals surface area contributed by atoms with E-state index in [4.69, 9.17) is 5.73 Å². The third-order valence-corrected chi connectivity index (χ3v) is 3.41. The van der Waals surface area contributed by atoms with Gasteiger partial charge in [-0.3, -0.25) is 4.98 Å². The smallest absolute Gasteiger partial charge is 0.0954 e. The molecular weight excluding hydrogens is 236 g/mol. The van der Waals surface area contributed by atoms with Crippen LogP contribution in [0.2, 0.25) is 0 Å². The highest BCUT2D eigenvalue weighted by Crippen LogP contribution is 2.24. The molecule has 0 bridgehead atoms. The summed E-state index contributed by atoms with van der Waals surface area (Å²) in [5.74, 6) is 0.578. The zero-order valence-corrected chi connectivity index (χ0v) is 11.8. The molecule has 0 fully saturated rings. The quantitative estimate of drug-likeness (QED) is 0.897. The van der Waals surface area contributed by atoms with E-state index in [1.807, 2.05) is 37.1 Å². The summed E-state index contributed by atoms with van der Waals surface area (Å²) in [5.41, 5.74) is 8.59. The summed E-state index contributed by atoms with van der Waals surface area (Å²) in [5, 5.41) is 0. The van der Waals surface area contributed by atoms with Crippen molar-refractivity contribution in [2.45, 2.75) is 39.3 Å². The first-order valence-corrected chi connectivity index (χ1v) is 6.76. The lowest BCUT2D eigenvalue weighted by molar-refractivity contribution is 0.475. The van der Waals surface area contributed by atoms with Crippen LogP contribution in [0.1, 0.15) is 50.5 Å². The number of rotatable bonds is 5. The number of hydrogen-bond donors (Lipinski definition) is 1. The van der Waals surface area contributed by atoms with Crippen molar-refractivity contribution >= 4 is 0 Å². The molecule has 2 aromatic rings. The van der Waals surface area contributed by atoms with Crippen LogP contribution in [0, 0.1) is 5.92 Å². The summed E-state index contributed by atoms with van der Waals surface area (Å²) in [7, 11) is 0. The number of imidazole rings is 1. The molecule has 0 aliphatic rings. The third-order valence-electron chi connectivity index (χ3n) is 3.41. The maximum Gasteiger partial charge on any atom is 0.0954 e. The molecule has 0 saturated carbocycles. The van der Waals surface area contributed by atoms with E-state index in [2.05, 4.69) is 35.3 Å². The van der Waals surface area contributed by atoms with E-state index in [0.29, 0.717) is 5.92 Å². The minimum atomic E-state index is 0.0341. The van der Waals surface area contributed by atoms with Gasteiger partial charge in [0, 0.05) is 24.6 Å². The van der Waals surface area contributed by atoms with E-state index in [9.17, 15) is 0 Å². The van der Waals surface area contributed by atoms with Crippen LogP contribution in [0.3, 0.4) is 0 Å². The maximum atomic E-state index is 6.28. The Morgan fingerprint density at radius 3 is 2.47 bits per heavy atom. The van der Waals surface area contributed by atoms with Gasteiger partial charge in [-0.05, 0) is 37.0 Å². The molecule has 4 nitrogen and oxygen atoms in total. The number of aromatic nitrogens is 3. The van der Waals surface area contributed by atoms with Gasteiger partial charge in [0.2, 0.25) is 0 Å². The van der Waals surface area contributed by atoms with Crippen molar-refractivity contribution in [2.75, 3.05) is 0 Å². The van der Waals surface area contributed by atoms with Crippen LogP contribution in [0.4, 0.5) is 0 Å². The number of pyridine rings is 1. The predicted octanol–water partition coefficient (Wildman–Crippen LogP) is 2.93. The van der Waals surface area contributed by atoms with Gasteiger partial charge in [-0.2, -0.15) is 0 Å². The monoisotopic (exact) mass is 258 g/mol. The molecular formula is C15H22N4. The second-order valence-electron chi connectivity index (χ2n) is 5.42. The zero-order valence-electron chi connectivity index (χ0n) is 11.8. The molecule has 0 aliphatic carbocycles. The van der Waals surface area contributed by atoms with Crippen molar-refractivity contribution in [3.63, 3.8) is 0 Å². The first-order chi connectivity index (χ1) is 9.09. The Bertz CT molecular complexity index is 504. The van der Waals surface area contributed by atoms with Crippen molar-refractivity contribution in [1.82, 2.24) is 14.5 Å². The van der Waals surface area contributed by atoms with E-state index in [1.165, 1.54) is 5.56 Å². The SMILES string of the molecule is CC(C)CC(N)c1cncn1C(C)c1ccncc1. The average Bonchev–Trinajstić information content (AvgIpc) is 2.87. The molecule has 0 aliphatic heterocycles. The van der Waals surface area contributed by atoms with Crippen LogP contribution in [-0.4, -0.2) is 14.5 Å². The molecule has 0 amide bonds. The van der Waals surface area contributed by atoms with Crippen molar-refractivity contribution in [3.05, 3.63) is 48.3 Å². The summed E-state index contributed by atoms with van der Waals surface area (Å²) >= 11 is 0. The lowest BCUT2D eigenvalue weighted by Gasteiger charge is -2.21. The fraction of sp³-hybridized carbons (Fsp3) is 0.467. The molecule has 0 spiro atoms. The van der Waals surface area contributed by atoms with Gasteiger partial charge in [-0.1, -0.05) is 13.8 Å². The van der Waals surface area contributed by atoms with Crippen LogP contribution < -0.4 is 5.73 Å². The van der Waals surface area contributed by atoms with Crippen molar-refractivity contribution in [1.29, 1.82) is 0 Å². The lowest BCUT2D eigenvalue weighted by Crippen LogP contribution is -2.19. The van der Waals surface area contributed by atoms with E-state index >= 15 is 0 Å². The Morgan fingerprint density at radius 2 is 1.84 bits per heavy atom. The number of nitrogens with zero attached hydrogens (tertiary/aromatic N) is 3. The van der Waals surface area contributed by atoms with Crippen LogP contribution >= 0.6 is 0 Å². The molecule has 2 N–H and O–H groups in total. The minimum absolute atomic E-state index is 0.0341. The predicted molar refractivity (Wildman–Crippen MR) is 76.7 cm³/mol.